The molecule has 0 saturated carbocycles. The Balaban J connectivity index is 2.38. The molecule has 0 bridgehead atoms. The first-order valence-electron chi connectivity index (χ1n) is 6.85. The molecular formula is C17H20N2. The van der Waals surface area contributed by atoms with Gasteiger partial charge in [0.05, 0.1) is 6.07 Å². The highest BCUT2D eigenvalue weighted by Crippen LogP contribution is 2.27. The molecule has 2 nitrogen and oxygen atoms in total. The summed E-state index contributed by atoms with van der Waals surface area (Å²) in [7, 11) is 2.03. The van der Waals surface area contributed by atoms with Crippen molar-refractivity contribution < 1.29 is 0 Å². The summed E-state index contributed by atoms with van der Waals surface area (Å²) in [5, 5.41) is 11.9. The van der Waals surface area contributed by atoms with Crippen molar-refractivity contribution in [2.24, 2.45) is 0 Å². The molecule has 98 valence electrons. The van der Waals surface area contributed by atoms with Crippen molar-refractivity contribution in [2.75, 3.05) is 13.6 Å². The molecule has 0 aliphatic rings. The largest absolute Gasteiger partial charge is 0.287 e. The highest BCUT2D eigenvalue weighted by atomic mass is 15.1. The van der Waals surface area contributed by atoms with Gasteiger partial charge >= 0.3 is 0 Å². The van der Waals surface area contributed by atoms with Crippen molar-refractivity contribution in [3.63, 3.8) is 0 Å². The molecule has 2 aromatic rings. The third kappa shape index (κ3) is 2.94. The van der Waals surface area contributed by atoms with E-state index < -0.39 is 0 Å². The lowest BCUT2D eigenvalue weighted by Crippen LogP contribution is -2.24. The smallest absolute Gasteiger partial charge is 0.124 e. The van der Waals surface area contributed by atoms with Crippen LogP contribution < -0.4 is 0 Å². The number of fused-ring (bicyclic) bond motifs is 1. The van der Waals surface area contributed by atoms with E-state index in [0.717, 1.165) is 24.9 Å². The maximum Gasteiger partial charge on any atom is 0.124 e. The number of benzene rings is 2. The van der Waals surface area contributed by atoms with Gasteiger partial charge in [0.1, 0.15) is 6.04 Å². The van der Waals surface area contributed by atoms with Crippen LogP contribution in [0, 0.1) is 11.3 Å². The zero-order chi connectivity index (χ0) is 13.7. The van der Waals surface area contributed by atoms with Crippen LogP contribution in [0.5, 0.6) is 0 Å². The number of nitrogens with zero attached hydrogens (tertiary/aromatic N) is 2. The van der Waals surface area contributed by atoms with Crippen LogP contribution in [-0.4, -0.2) is 18.5 Å². The van der Waals surface area contributed by atoms with Gasteiger partial charge in [-0.2, -0.15) is 5.26 Å². The Labute approximate surface area is 115 Å². The SMILES string of the molecule is CCCCN(C)C(C#N)c1cccc2ccccc12. The zero-order valence-corrected chi connectivity index (χ0v) is 11.6. The molecule has 2 aromatic carbocycles. The summed E-state index contributed by atoms with van der Waals surface area (Å²) in [6, 6.07) is 16.7. The highest BCUT2D eigenvalue weighted by molar-refractivity contribution is 5.86. The molecule has 0 amide bonds. The Morgan fingerprint density at radius 1 is 1.16 bits per heavy atom. The Kier molecular flexibility index (Phi) is 4.54. The Bertz CT molecular complexity index is 578. The summed E-state index contributed by atoms with van der Waals surface area (Å²) in [5.74, 6) is 0. The average molecular weight is 252 g/mol. The Hall–Kier alpha value is -1.85. The van der Waals surface area contributed by atoms with Gasteiger partial charge in [-0.15, -0.1) is 0 Å². The van der Waals surface area contributed by atoms with Gasteiger partial charge in [0.15, 0.2) is 0 Å². The van der Waals surface area contributed by atoms with Gasteiger partial charge in [-0.3, -0.25) is 4.90 Å². The van der Waals surface area contributed by atoms with E-state index in [1.807, 2.05) is 25.2 Å². The topological polar surface area (TPSA) is 27.0 Å². The van der Waals surface area contributed by atoms with Gasteiger partial charge in [-0.1, -0.05) is 55.8 Å². The standard InChI is InChI=1S/C17H20N2/c1-3-4-12-19(2)17(13-18)16-11-7-9-14-8-5-6-10-15(14)16/h5-11,17H,3-4,12H2,1-2H3. The third-order valence-electron chi connectivity index (χ3n) is 3.55. The first-order valence-corrected chi connectivity index (χ1v) is 6.85. The van der Waals surface area contributed by atoms with E-state index in [-0.39, 0.29) is 6.04 Å². The minimum Gasteiger partial charge on any atom is -0.287 e. The monoisotopic (exact) mass is 252 g/mol. The lowest BCUT2D eigenvalue weighted by atomic mass is 9.98. The number of nitriles is 1. The molecule has 0 aliphatic heterocycles. The average Bonchev–Trinajstić information content (AvgIpc) is 2.46. The Morgan fingerprint density at radius 2 is 1.89 bits per heavy atom. The molecule has 2 heteroatoms. The number of unbranched alkanes of at least 4 members (excludes halogenated alkanes) is 1. The zero-order valence-electron chi connectivity index (χ0n) is 11.6. The predicted octanol–water partition coefficient (Wildman–Crippen LogP) is 4.14. The second-order valence-electron chi connectivity index (χ2n) is 4.93. The minimum atomic E-state index is -0.169. The molecular weight excluding hydrogens is 232 g/mol. The molecule has 0 N–H and O–H groups in total. The molecule has 0 spiro atoms. The first-order chi connectivity index (χ1) is 9.27. The Morgan fingerprint density at radius 3 is 2.63 bits per heavy atom. The van der Waals surface area contributed by atoms with E-state index in [1.54, 1.807) is 0 Å². The fourth-order valence-corrected chi connectivity index (χ4v) is 2.43. The van der Waals surface area contributed by atoms with Crippen LogP contribution in [0.1, 0.15) is 31.4 Å². The van der Waals surface area contributed by atoms with Crippen LogP contribution in [0.3, 0.4) is 0 Å². The van der Waals surface area contributed by atoms with E-state index in [2.05, 4.69) is 42.2 Å². The summed E-state index contributed by atoms with van der Waals surface area (Å²) in [4.78, 5) is 2.14. The minimum absolute atomic E-state index is 0.169. The van der Waals surface area contributed by atoms with E-state index >= 15 is 0 Å². The number of hydrogen-bond acceptors (Lipinski definition) is 2. The van der Waals surface area contributed by atoms with E-state index in [4.69, 9.17) is 0 Å². The number of hydrogen-bond donors (Lipinski definition) is 0. The van der Waals surface area contributed by atoms with Crippen LogP contribution in [0.2, 0.25) is 0 Å². The molecule has 1 atom stereocenters. The van der Waals surface area contributed by atoms with Crippen molar-refractivity contribution in [1.82, 2.24) is 4.90 Å². The van der Waals surface area contributed by atoms with Gasteiger partial charge in [0, 0.05) is 0 Å². The number of rotatable bonds is 5. The van der Waals surface area contributed by atoms with Gasteiger partial charge in [-0.05, 0) is 36.3 Å². The molecule has 2 rings (SSSR count). The summed E-state index contributed by atoms with van der Waals surface area (Å²) >= 11 is 0. The maximum atomic E-state index is 9.52. The molecule has 19 heavy (non-hydrogen) atoms. The second-order valence-corrected chi connectivity index (χ2v) is 4.93. The van der Waals surface area contributed by atoms with Gasteiger partial charge in [-0.25, -0.2) is 0 Å². The maximum absolute atomic E-state index is 9.52. The highest BCUT2D eigenvalue weighted by Gasteiger charge is 2.17. The van der Waals surface area contributed by atoms with Gasteiger partial charge in [0.25, 0.3) is 0 Å². The van der Waals surface area contributed by atoms with Crippen LogP contribution in [0.25, 0.3) is 10.8 Å². The third-order valence-corrected chi connectivity index (χ3v) is 3.55. The van der Waals surface area contributed by atoms with Crippen molar-refractivity contribution >= 4 is 10.8 Å². The molecule has 0 radical (unpaired) electrons. The van der Waals surface area contributed by atoms with E-state index in [0.29, 0.717) is 0 Å². The summed E-state index contributed by atoms with van der Waals surface area (Å²) in [6.07, 6.45) is 2.28. The van der Waals surface area contributed by atoms with Crippen LogP contribution in [0.4, 0.5) is 0 Å². The fraction of sp³-hybridized carbons (Fsp3) is 0.353. The van der Waals surface area contributed by atoms with E-state index in [9.17, 15) is 5.26 Å². The molecule has 0 aliphatic carbocycles. The summed E-state index contributed by atoms with van der Waals surface area (Å²) < 4.78 is 0. The van der Waals surface area contributed by atoms with Crippen molar-refractivity contribution in [3.05, 3.63) is 48.0 Å². The van der Waals surface area contributed by atoms with Crippen LogP contribution >= 0.6 is 0 Å². The summed E-state index contributed by atoms with van der Waals surface area (Å²) in [6.45, 7) is 3.13. The molecule has 0 heterocycles. The van der Waals surface area contributed by atoms with Crippen LogP contribution in [0.15, 0.2) is 42.5 Å². The lowest BCUT2D eigenvalue weighted by molar-refractivity contribution is 0.288. The summed E-state index contributed by atoms with van der Waals surface area (Å²) in [5.41, 5.74) is 1.11. The molecule has 0 saturated heterocycles. The lowest BCUT2D eigenvalue weighted by Gasteiger charge is -2.23. The van der Waals surface area contributed by atoms with Gasteiger partial charge < -0.3 is 0 Å². The second kappa shape index (κ2) is 6.36. The van der Waals surface area contributed by atoms with E-state index in [1.165, 1.54) is 10.8 Å². The van der Waals surface area contributed by atoms with Crippen molar-refractivity contribution in [3.8, 4) is 6.07 Å². The normalized spacial score (nSPS) is 12.5. The fourth-order valence-electron chi connectivity index (χ4n) is 2.43. The van der Waals surface area contributed by atoms with Crippen molar-refractivity contribution in [1.29, 1.82) is 5.26 Å². The van der Waals surface area contributed by atoms with Gasteiger partial charge in [0.2, 0.25) is 0 Å². The molecule has 0 aromatic heterocycles. The van der Waals surface area contributed by atoms with Crippen molar-refractivity contribution in [2.45, 2.75) is 25.8 Å². The quantitative estimate of drug-likeness (QED) is 0.799. The molecule has 1 unspecified atom stereocenters. The predicted molar refractivity (Wildman–Crippen MR) is 79.8 cm³/mol. The van der Waals surface area contributed by atoms with Crippen LogP contribution in [-0.2, 0) is 0 Å². The molecule has 0 fully saturated rings. The first kappa shape index (κ1) is 13.6.